The first-order chi connectivity index (χ1) is 11.1. The highest BCUT2D eigenvalue weighted by Gasteiger charge is 2.25. The number of carbonyl (C=O) groups excluding carboxylic acids is 1. The molecule has 0 bridgehead atoms. The molecule has 0 heterocycles. The van der Waals surface area contributed by atoms with E-state index in [1.807, 2.05) is 0 Å². The van der Waals surface area contributed by atoms with Crippen molar-refractivity contribution in [2.24, 2.45) is 0 Å². The second-order valence-corrected chi connectivity index (χ2v) is 7.20. The number of carboxylic acids is 1. The third-order valence-electron chi connectivity index (χ3n) is 2.97. The highest BCUT2D eigenvalue weighted by molar-refractivity contribution is 14.1. The van der Waals surface area contributed by atoms with Crippen molar-refractivity contribution in [3.63, 3.8) is 0 Å². The minimum atomic E-state index is -1.15. The Morgan fingerprint density at radius 2 is 1.75 bits per heavy atom. The summed E-state index contributed by atoms with van der Waals surface area (Å²) < 4.78 is 16.4. The van der Waals surface area contributed by atoms with Gasteiger partial charge in [-0.25, -0.2) is 9.59 Å². The van der Waals surface area contributed by atoms with Gasteiger partial charge in [-0.05, 0) is 61.1 Å². The van der Waals surface area contributed by atoms with Crippen molar-refractivity contribution < 1.29 is 28.9 Å². The number of alkyl carbamates (subject to hydrolysis) is 1. The molecule has 1 atom stereocenters. The molecule has 0 saturated heterocycles. The van der Waals surface area contributed by atoms with E-state index in [4.69, 9.17) is 14.2 Å². The molecular formula is C16H22INO6. The van der Waals surface area contributed by atoms with E-state index >= 15 is 0 Å². The summed E-state index contributed by atoms with van der Waals surface area (Å²) in [6, 6.07) is 2.33. The van der Waals surface area contributed by atoms with Crippen LogP contribution >= 0.6 is 22.6 Å². The maximum absolute atomic E-state index is 11.8. The van der Waals surface area contributed by atoms with Crippen LogP contribution in [0.5, 0.6) is 11.5 Å². The molecule has 2 N–H and O–H groups in total. The number of nitrogens with one attached hydrogen (secondary N) is 1. The van der Waals surface area contributed by atoms with Gasteiger partial charge in [-0.2, -0.15) is 0 Å². The maximum Gasteiger partial charge on any atom is 0.408 e. The molecule has 1 amide bonds. The van der Waals surface area contributed by atoms with Crippen molar-refractivity contribution in [2.45, 2.75) is 38.8 Å². The third-order valence-corrected chi connectivity index (χ3v) is 3.97. The monoisotopic (exact) mass is 451 g/mol. The Morgan fingerprint density at radius 1 is 1.21 bits per heavy atom. The molecule has 0 saturated carbocycles. The van der Waals surface area contributed by atoms with Crippen LogP contribution in [0.25, 0.3) is 0 Å². The van der Waals surface area contributed by atoms with Crippen LogP contribution in [0, 0.1) is 3.57 Å². The van der Waals surface area contributed by atoms with Crippen molar-refractivity contribution in [3.8, 4) is 11.5 Å². The molecule has 0 aromatic heterocycles. The Labute approximate surface area is 154 Å². The Morgan fingerprint density at radius 3 is 2.21 bits per heavy atom. The summed E-state index contributed by atoms with van der Waals surface area (Å²) in [6.07, 6.45) is -0.682. The van der Waals surface area contributed by atoms with E-state index < -0.39 is 23.7 Å². The first kappa shape index (κ1) is 20.3. The number of hydrogen-bond donors (Lipinski definition) is 2. The SMILES string of the molecule is COc1cc(I)c(CC(NC(=O)OC(C)(C)C)C(=O)O)cc1OC. The smallest absolute Gasteiger partial charge is 0.408 e. The fourth-order valence-electron chi connectivity index (χ4n) is 1.92. The van der Waals surface area contributed by atoms with Crippen LogP contribution in [0.3, 0.4) is 0 Å². The number of aliphatic carboxylic acids is 1. The molecule has 24 heavy (non-hydrogen) atoms. The number of benzene rings is 1. The van der Waals surface area contributed by atoms with Crippen LogP contribution in [0.4, 0.5) is 4.79 Å². The maximum atomic E-state index is 11.8. The number of methoxy groups -OCH3 is 2. The molecule has 0 aliphatic heterocycles. The van der Waals surface area contributed by atoms with Crippen molar-refractivity contribution in [1.29, 1.82) is 0 Å². The van der Waals surface area contributed by atoms with Crippen LogP contribution in [-0.2, 0) is 16.0 Å². The normalized spacial score (nSPS) is 12.2. The van der Waals surface area contributed by atoms with Crippen molar-refractivity contribution in [2.75, 3.05) is 14.2 Å². The first-order valence-electron chi connectivity index (χ1n) is 7.20. The van der Waals surface area contributed by atoms with E-state index in [9.17, 15) is 14.7 Å². The van der Waals surface area contributed by atoms with Crippen LogP contribution in [0.1, 0.15) is 26.3 Å². The van der Waals surface area contributed by atoms with Crippen molar-refractivity contribution in [3.05, 3.63) is 21.3 Å². The lowest BCUT2D eigenvalue weighted by Gasteiger charge is -2.22. The molecule has 7 nitrogen and oxygen atoms in total. The number of amides is 1. The van der Waals surface area contributed by atoms with E-state index in [-0.39, 0.29) is 6.42 Å². The van der Waals surface area contributed by atoms with Gasteiger partial charge < -0.3 is 24.6 Å². The van der Waals surface area contributed by atoms with E-state index in [0.717, 1.165) is 9.13 Å². The summed E-state index contributed by atoms with van der Waals surface area (Å²) in [6.45, 7) is 5.12. The van der Waals surface area contributed by atoms with Crippen molar-refractivity contribution in [1.82, 2.24) is 5.32 Å². The quantitative estimate of drug-likeness (QED) is 0.647. The number of hydrogen-bond acceptors (Lipinski definition) is 5. The van der Waals surface area contributed by atoms with E-state index in [0.29, 0.717) is 11.5 Å². The molecule has 1 aromatic carbocycles. The van der Waals surface area contributed by atoms with E-state index in [1.165, 1.54) is 14.2 Å². The van der Waals surface area contributed by atoms with Gasteiger partial charge in [-0.15, -0.1) is 0 Å². The molecular weight excluding hydrogens is 429 g/mol. The van der Waals surface area contributed by atoms with Gasteiger partial charge in [0, 0.05) is 9.99 Å². The Hall–Kier alpha value is -1.71. The van der Waals surface area contributed by atoms with Gasteiger partial charge in [-0.1, -0.05) is 0 Å². The Bertz CT molecular complexity index is 611. The zero-order valence-corrected chi connectivity index (χ0v) is 16.5. The van der Waals surface area contributed by atoms with Gasteiger partial charge in [0.1, 0.15) is 11.6 Å². The van der Waals surface area contributed by atoms with Gasteiger partial charge in [-0.3, -0.25) is 0 Å². The van der Waals surface area contributed by atoms with Gasteiger partial charge in [0.2, 0.25) is 0 Å². The second kappa shape index (κ2) is 8.41. The van der Waals surface area contributed by atoms with Gasteiger partial charge in [0.15, 0.2) is 11.5 Å². The molecule has 134 valence electrons. The summed E-state index contributed by atoms with van der Waals surface area (Å²) in [5.74, 6) is -0.0987. The minimum absolute atomic E-state index is 0.0905. The average molecular weight is 451 g/mol. The first-order valence-corrected chi connectivity index (χ1v) is 8.28. The highest BCUT2D eigenvalue weighted by atomic mass is 127. The topological polar surface area (TPSA) is 94.1 Å². The Balaban J connectivity index is 2.97. The van der Waals surface area contributed by atoms with Gasteiger partial charge in [0.05, 0.1) is 14.2 Å². The van der Waals surface area contributed by atoms with Gasteiger partial charge in [0.25, 0.3) is 0 Å². The van der Waals surface area contributed by atoms with E-state index in [1.54, 1.807) is 32.9 Å². The lowest BCUT2D eigenvalue weighted by atomic mass is 10.1. The molecule has 0 aliphatic rings. The lowest BCUT2D eigenvalue weighted by molar-refractivity contribution is -0.139. The molecule has 0 aliphatic carbocycles. The highest BCUT2D eigenvalue weighted by Crippen LogP contribution is 2.31. The predicted octanol–water partition coefficient (Wildman–Crippen LogP) is 2.83. The number of carbonyl (C=O) groups is 2. The number of rotatable bonds is 6. The lowest BCUT2D eigenvalue weighted by Crippen LogP contribution is -2.44. The number of halogens is 1. The predicted molar refractivity (Wildman–Crippen MR) is 96.8 cm³/mol. The minimum Gasteiger partial charge on any atom is -0.493 e. The third kappa shape index (κ3) is 6.06. The summed E-state index contributed by atoms with van der Waals surface area (Å²) in [7, 11) is 3.03. The molecule has 8 heteroatoms. The number of ether oxygens (including phenoxy) is 3. The zero-order chi connectivity index (χ0) is 18.5. The molecule has 1 rings (SSSR count). The number of carboxylic acid groups (broad SMARTS) is 1. The van der Waals surface area contributed by atoms with Crippen LogP contribution < -0.4 is 14.8 Å². The largest absolute Gasteiger partial charge is 0.493 e. The van der Waals surface area contributed by atoms with Crippen LogP contribution in [-0.4, -0.2) is 43.0 Å². The summed E-state index contributed by atoms with van der Waals surface area (Å²) >= 11 is 2.08. The van der Waals surface area contributed by atoms with Crippen LogP contribution in [0.2, 0.25) is 0 Å². The summed E-state index contributed by atoms with van der Waals surface area (Å²) in [4.78, 5) is 23.3. The molecule has 0 fully saturated rings. The fraction of sp³-hybridized carbons (Fsp3) is 0.500. The molecule has 1 aromatic rings. The van der Waals surface area contributed by atoms with Crippen LogP contribution in [0.15, 0.2) is 12.1 Å². The second-order valence-electron chi connectivity index (χ2n) is 6.04. The van der Waals surface area contributed by atoms with E-state index in [2.05, 4.69) is 27.9 Å². The molecule has 0 radical (unpaired) electrons. The molecule has 0 spiro atoms. The van der Waals surface area contributed by atoms with Gasteiger partial charge >= 0.3 is 12.1 Å². The Kier molecular flexibility index (Phi) is 7.12. The standard InChI is InChI=1S/C16H22INO6/c1-16(2,3)24-15(21)18-11(14(19)20)6-9-7-12(22-4)13(23-5)8-10(9)17/h7-8,11H,6H2,1-5H3,(H,18,21)(H,19,20). The zero-order valence-electron chi connectivity index (χ0n) is 14.3. The summed E-state index contributed by atoms with van der Waals surface area (Å²) in [5, 5.41) is 11.7. The fourth-order valence-corrected chi connectivity index (χ4v) is 2.58. The summed E-state index contributed by atoms with van der Waals surface area (Å²) in [5.41, 5.74) is 0.0157. The molecule has 1 unspecified atom stereocenters. The average Bonchev–Trinajstić information content (AvgIpc) is 2.45. The van der Waals surface area contributed by atoms with Crippen molar-refractivity contribution >= 4 is 34.7 Å².